The number of nitrogens with zero attached hydrogens (tertiary/aromatic N) is 4. The highest BCUT2D eigenvalue weighted by Crippen LogP contribution is 2.41. The fourth-order valence-electron chi connectivity index (χ4n) is 9.01. The highest BCUT2D eigenvalue weighted by molar-refractivity contribution is 6.17. The lowest BCUT2D eigenvalue weighted by atomic mass is 10.0. The Morgan fingerprint density at radius 2 is 0.898 bits per heavy atom. The van der Waals surface area contributed by atoms with Gasteiger partial charge < -0.3 is 13.4 Å². The number of benzene rings is 9. The van der Waals surface area contributed by atoms with Gasteiger partial charge in [0.15, 0.2) is 17.5 Å². The number of fused-ring (bicyclic) bond motifs is 11. The van der Waals surface area contributed by atoms with E-state index < -0.39 is 0 Å². The fraction of sp³-hybridized carbons (Fsp3) is 0. The van der Waals surface area contributed by atoms with Crippen molar-refractivity contribution in [2.75, 3.05) is 0 Å². The quantitative estimate of drug-likeness (QED) is 0.179. The minimum atomic E-state index is 0.565. The van der Waals surface area contributed by atoms with Crippen LogP contribution in [0.5, 0.6) is 0 Å². The van der Waals surface area contributed by atoms with Gasteiger partial charge in [-0.25, -0.2) is 15.0 Å². The molecule has 9 aromatic carbocycles. The maximum Gasteiger partial charge on any atom is 0.164 e. The minimum absolute atomic E-state index is 0.565. The molecule has 59 heavy (non-hydrogen) atoms. The Morgan fingerprint density at radius 1 is 0.339 bits per heavy atom. The Balaban J connectivity index is 1.01. The fourth-order valence-corrected chi connectivity index (χ4v) is 9.01. The highest BCUT2D eigenvalue weighted by atomic mass is 16.3. The molecular weight excluding hydrogens is 725 g/mol. The zero-order valence-electron chi connectivity index (χ0n) is 31.4. The first-order chi connectivity index (χ1) is 29.2. The smallest absolute Gasteiger partial charge is 0.164 e. The first-order valence-electron chi connectivity index (χ1n) is 19.8. The van der Waals surface area contributed by atoms with E-state index in [4.69, 9.17) is 23.8 Å². The SMILES string of the molecule is c1ccc(-c2nc(-c3ccc4c(c3)oc3ccccc34)nc(-c3cccc4oc5cc(-n6c7cc8ccccc8cc7c7cc8ccccc8cc76)ccc5c34)n2)cc1. The van der Waals surface area contributed by atoms with E-state index in [1.54, 1.807) is 0 Å². The molecule has 0 fully saturated rings. The van der Waals surface area contributed by atoms with Crippen molar-refractivity contribution in [3.63, 3.8) is 0 Å². The first kappa shape index (κ1) is 32.0. The van der Waals surface area contributed by atoms with Gasteiger partial charge in [-0.2, -0.15) is 0 Å². The molecule has 4 heterocycles. The van der Waals surface area contributed by atoms with Crippen LogP contribution < -0.4 is 0 Å². The second-order valence-corrected chi connectivity index (χ2v) is 15.2. The number of aromatic nitrogens is 4. The third-order valence-corrected chi connectivity index (χ3v) is 11.8. The molecule has 0 unspecified atom stereocenters. The van der Waals surface area contributed by atoms with E-state index in [9.17, 15) is 0 Å². The molecule has 0 bridgehead atoms. The van der Waals surface area contributed by atoms with Crippen LogP contribution in [0.3, 0.4) is 0 Å². The van der Waals surface area contributed by atoms with Gasteiger partial charge in [0.1, 0.15) is 22.3 Å². The zero-order chi connectivity index (χ0) is 38.6. The summed E-state index contributed by atoms with van der Waals surface area (Å²) in [6.07, 6.45) is 0. The predicted molar refractivity (Wildman–Crippen MR) is 240 cm³/mol. The molecule has 0 aliphatic carbocycles. The molecule has 6 heteroatoms. The largest absolute Gasteiger partial charge is 0.456 e. The van der Waals surface area contributed by atoms with Crippen LogP contribution >= 0.6 is 0 Å². The third kappa shape index (κ3) is 4.90. The summed E-state index contributed by atoms with van der Waals surface area (Å²) in [6, 6.07) is 63.4. The minimum Gasteiger partial charge on any atom is -0.456 e. The summed E-state index contributed by atoms with van der Waals surface area (Å²) < 4.78 is 15.4. The second kappa shape index (κ2) is 12.2. The monoisotopic (exact) mass is 754 g/mol. The molecule has 0 amide bonds. The number of hydrogen-bond donors (Lipinski definition) is 0. The van der Waals surface area contributed by atoms with Gasteiger partial charge in [0.05, 0.1) is 11.0 Å². The lowest BCUT2D eigenvalue weighted by molar-refractivity contribution is 0.668. The topological polar surface area (TPSA) is 69.9 Å². The van der Waals surface area contributed by atoms with Gasteiger partial charge in [-0.1, -0.05) is 115 Å². The van der Waals surface area contributed by atoms with E-state index in [0.29, 0.717) is 17.5 Å². The van der Waals surface area contributed by atoms with Gasteiger partial charge in [-0.3, -0.25) is 0 Å². The maximum atomic E-state index is 6.73. The van der Waals surface area contributed by atoms with Crippen molar-refractivity contribution in [2.45, 2.75) is 0 Å². The summed E-state index contributed by atoms with van der Waals surface area (Å²) in [7, 11) is 0. The summed E-state index contributed by atoms with van der Waals surface area (Å²) in [5, 5.41) is 11.4. The Morgan fingerprint density at radius 3 is 1.64 bits per heavy atom. The molecule has 0 aliphatic heterocycles. The van der Waals surface area contributed by atoms with Gasteiger partial charge in [-0.05, 0) is 82.2 Å². The van der Waals surface area contributed by atoms with Crippen molar-refractivity contribution in [3.05, 3.63) is 182 Å². The van der Waals surface area contributed by atoms with E-state index in [2.05, 4.69) is 120 Å². The Hall–Kier alpha value is -8.09. The normalized spacial score (nSPS) is 12.1. The lowest BCUT2D eigenvalue weighted by Gasteiger charge is -2.10. The van der Waals surface area contributed by atoms with Crippen LogP contribution in [0, 0.1) is 0 Å². The van der Waals surface area contributed by atoms with Crippen LogP contribution in [0.25, 0.3) is 127 Å². The average molecular weight is 755 g/mol. The standard InChI is InChI=1S/C53H30N4O2/c1-2-11-31(12-3-1)51-54-52(36-21-23-39-38-17-8-9-19-46(38)58-48(39)29-36)56-53(55-51)41-18-10-20-47-50(41)40-24-22-37(30-49(40)59-47)57-44-27-34-15-6-4-13-32(34)25-42(44)43-26-33-14-5-7-16-35(33)28-45(43)57/h1-30H. The van der Waals surface area contributed by atoms with Crippen molar-refractivity contribution in [1.82, 2.24) is 19.5 Å². The van der Waals surface area contributed by atoms with Crippen LogP contribution in [0.1, 0.15) is 0 Å². The van der Waals surface area contributed by atoms with Gasteiger partial charge in [0.2, 0.25) is 0 Å². The van der Waals surface area contributed by atoms with Crippen LogP contribution in [0.15, 0.2) is 191 Å². The summed E-state index contributed by atoms with van der Waals surface area (Å²) in [5.41, 5.74) is 9.14. The van der Waals surface area contributed by atoms with E-state index >= 15 is 0 Å². The van der Waals surface area contributed by atoms with E-state index in [0.717, 1.165) is 77.3 Å². The van der Waals surface area contributed by atoms with Crippen molar-refractivity contribution in [3.8, 4) is 39.9 Å². The van der Waals surface area contributed by atoms with E-state index in [1.807, 2.05) is 66.7 Å². The molecule has 13 rings (SSSR count). The predicted octanol–water partition coefficient (Wildman–Crippen LogP) is 14.1. The van der Waals surface area contributed by atoms with Crippen molar-refractivity contribution >= 4 is 87.2 Å². The van der Waals surface area contributed by atoms with Crippen molar-refractivity contribution in [1.29, 1.82) is 0 Å². The van der Waals surface area contributed by atoms with E-state index in [1.165, 1.54) is 32.3 Å². The molecule has 0 saturated heterocycles. The van der Waals surface area contributed by atoms with Crippen LogP contribution in [0.2, 0.25) is 0 Å². The Labute approximate surface area is 336 Å². The van der Waals surface area contributed by atoms with Crippen LogP contribution in [-0.2, 0) is 0 Å². The number of furan rings is 2. The number of para-hydroxylation sites is 1. The molecule has 0 N–H and O–H groups in total. The van der Waals surface area contributed by atoms with Gasteiger partial charge in [0, 0.05) is 60.8 Å². The van der Waals surface area contributed by atoms with Gasteiger partial charge in [-0.15, -0.1) is 0 Å². The average Bonchev–Trinajstić information content (AvgIpc) is 3.96. The van der Waals surface area contributed by atoms with Gasteiger partial charge >= 0.3 is 0 Å². The summed E-state index contributed by atoms with van der Waals surface area (Å²) in [6.45, 7) is 0. The molecule has 0 aliphatic rings. The Bertz CT molecular complexity index is 3760. The third-order valence-electron chi connectivity index (χ3n) is 11.8. The number of hydrogen-bond acceptors (Lipinski definition) is 5. The molecule has 0 atom stereocenters. The van der Waals surface area contributed by atoms with Crippen LogP contribution in [-0.4, -0.2) is 19.5 Å². The number of rotatable bonds is 4. The molecule has 0 radical (unpaired) electrons. The lowest BCUT2D eigenvalue weighted by Crippen LogP contribution is -2.00. The zero-order valence-corrected chi connectivity index (χ0v) is 31.4. The van der Waals surface area contributed by atoms with Crippen molar-refractivity contribution in [2.24, 2.45) is 0 Å². The molecule has 13 aromatic rings. The van der Waals surface area contributed by atoms with Crippen molar-refractivity contribution < 1.29 is 8.83 Å². The molecule has 0 spiro atoms. The summed E-state index contributed by atoms with van der Waals surface area (Å²) >= 11 is 0. The second-order valence-electron chi connectivity index (χ2n) is 15.2. The maximum absolute atomic E-state index is 6.73. The molecular formula is C53H30N4O2. The molecule has 6 nitrogen and oxygen atoms in total. The van der Waals surface area contributed by atoms with Gasteiger partial charge in [0.25, 0.3) is 0 Å². The summed E-state index contributed by atoms with van der Waals surface area (Å²) in [4.78, 5) is 15.3. The Kier molecular flexibility index (Phi) is 6.63. The molecule has 4 aromatic heterocycles. The summed E-state index contributed by atoms with van der Waals surface area (Å²) in [5.74, 6) is 1.72. The van der Waals surface area contributed by atoms with Crippen LogP contribution in [0.4, 0.5) is 0 Å². The molecule has 0 saturated carbocycles. The van der Waals surface area contributed by atoms with E-state index in [-0.39, 0.29) is 0 Å². The highest BCUT2D eigenvalue weighted by Gasteiger charge is 2.21. The first-order valence-corrected chi connectivity index (χ1v) is 19.8. The molecule has 274 valence electrons.